The maximum atomic E-state index is 6.12. The van der Waals surface area contributed by atoms with E-state index in [1.807, 2.05) is 12.1 Å². The van der Waals surface area contributed by atoms with Gasteiger partial charge in [-0.05, 0) is 55.2 Å². The summed E-state index contributed by atoms with van der Waals surface area (Å²) in [5.41, 5.74) is 6.63. The van der Waals surface area contributed by atoms with Gasteiger partial charge in [-0.1, -0.05) is 45.2 Å². The average molecular weight is 351 g/mol. The fraction of sp³-hybridized carbons (Fsp3) is 0.294. The van der Waals surface area contributed by atoms with Crippen molar-refractivity contribution in [2.75, 3.05) is 11.4 Å². The van der Waals surface area contributed by atoms with Gasteiger partial charge in [0.1, 0.15) is 0 Å². The predicted octanol–water partition coefficient (Wildman–Crippen LogP) is 5.63. The summed E-state index contributed by atoms with van der Waals surface area (Å²) in [5.74, 6) is 0. The zero-order valence-electron chi connectivity index (χ0n) is 11.5. The molecule has 3 heteroatoms. The van der Waals surface area contributed by atoms with Crippen LogP contribution in [0.25, 0.3) is 0 Å². The fourth-order valence-corrected chi connectivity index (χ4v) is 3.54. The maximum absolute atomic E-state index is 6.12. The van der Waals surface area contributed by atoms with Gasteiger partial charge in [0.2, 0.25) is 0 Å². The van der Waals surface area contributed by atoms with E-state index < -0.39 is 0 Å². The molecule has 0 saturated heterocycles. The first-order valence-corrected chi connectivity index (χ1v) is 8.40. The van der Waals surface area contributed by atoms with Crippen molar-refractivity contribution in [2.45, 2.75) is 25.1 Å². The summed E-state index contributed by atoms with van der Waals surface area (Å²) in [7, 11) is 0. The van der Waals surface area contributed by atoms with E-state index in [0.29, 0.717) is 0 Å². The molecule has 0 unspecified atom stereocenters. The highest BCUT2D eigenvalue weighted by Gasteiger charge is 2.20. The van der Waals surface area contributed by atoms with Gasteiger partial charge in [0.05, 0.1) is 0 Å². The van der Waals surface area contributed by atoms with Crippen molar-refractivity contribution in [1.29, 1.82) is 0 Å². The van der Waals surface area contributed by atoms with Crippen LogP contribution in [-0.2, 0) is 11.8 Å². The van der Waals surface area contributed by atoms with Gasteiger partial charge in [0.15, 0.2) is 0 Å². The highest BCUT2D eigenvalue weighted by molar-refractivity contribution is 9.08. The molecule has 3 rings (SSSR count). The van der Waals surface area contributed by atoms with Crippen molar-refractivity contribution in [3.8, 4) is 0 Å². The van der Waals surface area contributed by atoms with Crippen molar-refractivity contribution < 1.29 is 0 Å². The molecule has 1 heterocycles. The van der Waals surface area contributed by atoms with Crippen LogP contribution in [0.3, 0.4) is 0 Å². The number of aryl methyl sites for hydroxylation is 2. The van der Waals surface area contributed by atoms with E-state index >= 15 is 0 Å². The molecule has 20 heavy (non-hydrogen) atoms. The smallest absolute Gasteiger partial charge is 0.0452 e. The molecule has 2 aromatic rings. The van der Waals surface area contributed by atoms with Crippen LogP contribution in [0.15, 0.2) is 36.4 Å². The second-order valence-corrected chi connectivity index (χ2v) is 6.29. The Morgan fingerprint density at radius 1 is 1.15 bits per heavy atom. The quantitative estimate of drug-likeness (QED) is 0.635. The first-order valence-electron chi connectivity index (χ1n) is 6.90. The van der Waals surface area contributed by atoms with E-state index in [9.17, 15) is 0 Å². The predicted molar refractivity (Wildman–Crippen MR) is 90.6 cm³/mol. The summed E-state index contributed by atoms with van der Waals surface area (Å²) in [6.45, 7) is 3.23. The molecule has 0 aromatic heterocycles. The lowest BCUT2D eigenvalue weighted by Crippen LogP contribution is -2.25. The average Bonchev–Trinajstić information content (AvgIpc) is 2.46. The molecule has 0 aliphatic carbocycles. The van der Waals surface area contributed by atoms with Gasteiger partial charge in [-0.25, -0.2) is 0 Å². The van der Waals surface area contributed by atoms with Gasteiger partial charge in [-0.15, -0.1) is 0 Å². The van der Waals surface area contributed by atoms with Gasteiger partial charge in [0, 0.05) is 28.3 Å². The molecule has 0 spiro atoms. The lowest BCUT2D eigenvalue weighted by atomic mass is 9.98. The van der Waals surface area contributed by atoms with Gasteiger partial charge in [0.25, 0.3) is 0 Å². The minimum atomic E-state index is 0.796. The normalized spacial score (nSPS) is 14.2. The SMILES string of the molecule is Cc1ccc2c(c1)CCCN2c1ccc(Cl)cc1CBr. The lowest BCUT2D eigenvalue weighted by molar-refractivity contribution is 0.764. The number of hydrogen-bond acceptors (Lipinski definition) is 1. The van der Waals surface area contributed by atoms with Gasteiger partial charge in [-0.3, -0.25) is 0 Å². The number of hydrogen-bond donors (Lipinski definition) is 0. The van der Waals surface area contributed by atoms with Crippen LogP contribution < -0.4 is 4.90 Å². The maximum Gasteiger partial charge on any atom is 0.0452 e. The van der Waals surface area contributed by atoms with Crippen LogP contribution in [0.5, 0.6) is 0 Å². The number of benzene rings is 2. The van der Waals surface area contributed by atoms with Gasteiger partial charge < -0.3 is 4.90 Å². The van der Waals surface area contributed by atoms with Crippen molar-refractivity contribution >= 4 is 38.9 Å². The number of alkyl halides is 1. The summed E-state index contributed by atoms with van der Waals surface area (Å²) in [6, 6.07) is 12.9. The van der Waals surface area contributed by atoms with E-state index in [4.69, 9.17) is 11.6 Å². The Hall–Kier alpha value is -0.990. The number of anilines is 2. The van der Waals surface area contributed by atoms with Crippen LogP contribution in [0.1, 0.15) is 23.1 Å². The minimum absolute atomic E-state index is 0.796. The van der Waals surface area contributed by atoms with E-state index in [1.54, 1.807) is 0 Å². The van der Waals surface area contributed by atoms with E-state index in [-0.39, 0.29) is 0 Å². The molecule has 0 N–H and O–H groups in total. The summed E-state index contributed by atoms with van der Waals surface area (Å²) in [4.78, 5) is 2.42. The third-order valence-electron chi connectivity index (χ3n) is 3.83. The third-order valence-corrected chi connectivity index (χ3v) is 4.67. The highest BCUT2D eigenvalue weighted by Crippen LogP contribution is 2.37. The van der Waals surface area contributed by atoms with E-state index in [1.165, 1.54) is 40.9 Å². The molecule has 2 aromatic carbocycles. The van der Waals surface area contributed by atoms with Crippen molar-refractivity contribution in [3.63, 3.8) is 0 Å². The molecule has 1 nitrogen and oxygen atoms in total. The number of fused-ring (bicyclic) bond motifs is 1. The van der Waals surface area contributed by atoms with Gasteiger partial charge in [-0.2, -0.15) is 0 Å². The summed E-state index contributed by atoms with van der Waals surface area (Å²) in [6.07, 6.45) is 2.37. The van der Waals surface area contributed by atoms with Crippen LogP contribution in [0.4, 0.5) is 11.4 Å². The summed E-state index contributed by atoms with van der Waals surface area (Å²) < 4.78 is 0. The van der Waals surface area contributed by atoms with E-state index in [0.717, 1.165) is 16.9 Å². The Balaban J connectivity index is 2.09. The molecule has 0 fully saturated rings. The largest absolute Gasteiger partial charge is 0.341 e. The third kappa shape index (κ3) is 2.59. The summed E-state index contributed by atoms with van der Waals surface area (Å²) in [5, 5.41) is 1.62. The van der Waals surface area contributed by atoms with Crippen LogP contribution >= 0.6 is 27.5 Å². The van der Waals surface area contributed by atoms with E-state index in [2.05, 4.69) is 52.0 Å². The zero-order chi connectivity index (χ0) is 14.1. The molecule has 1 aliphatic heterocycles. The standard InChI is InChI=1S/C17H17BrClN/c1-12-4-6-16-13(9-12)3-2-8-20(16)17-7-5-15(19)10-14(17)11-18/h4-7,9-10H,2-3,8,11H2,1H3. The Bertz CT molecular complexity index is 639. The number of nitrogens with zero attached hydrogens (tertiary/aromatic N) is 1. The molecule has 1 aliphatic rings. The molecule has 0 atom stereocenters. The second kappa shape index (κ2) is 5.79. The molecule has 0 saturated carbocycles. The van der Waals surface area contributed by atoms with Crippen molar-refractivity contribution in [3.05, 3.63) is 58.1 Å². The second-order valence-electron chi connectivity index (χ2n) is 5.29. The zero-order valence-corrected chi connectivity index (χ0v) is 13.8. The first-order chi connectivity index (χ1) is 9.69. The van der Waals surface area contributed by atoms with Crippen molar-refractivity contribution in [1.82, 2.24) is 0 Å². The van der Waals surface area contributed by atoms with Crippen LogP contribution in [-0.4, -0.2) is 6.54 Å². The molecule has 0 amide bonds. The van der Waals surface area contributed by atoms with Gasteiger partial charge >= 0.3 is 0 Å². The summed E-state index contributed by atoms with van der Waals surface area (Å²) >= 11 is 9.69. The lowest BCUT2D eigenvalue weighted by Gasteiger charge is -2.33. The molecular weight excluding hydrogens is 334 g/mol. The molecule has 0 bridgehead atoms. The topological polar surface area (TPSA) is 3.24 Å². The Kier molecular flexibility index (Phi) is 4.04. The van der Waals surface area contributed by atoms with Crippen LogP contribution in [0.2, 0.25) is 5.02 Å². The minimum Gasteiger partial charge on any atom is -0.341 e. The van der Waals surface area contributed by atoms with Crippen LogP contribution in [0, 0.1) is 6.92 Å². The number of halogens is 2. The Labute approximate surface area is 133 Å². The highest BCUT2D eigenvalue weighted by atomic mass is 79.9. The van der Waals surface area contributed by atoms with Crippen molar-refractivity contribution in [2.24, 2.45) is 0 Å². The Morgan fingerprint density at radius 3 is 2.75 bits per heavy atom. The molecule has 0 radical (unpaired) electrons. The first kappa shape index (κ1) is 14.0. The monoisotopic (exact) mass is 349 g/mol. The number of rotatable bonds is 2. The Morgan fingerprint density at radius 2 is 1.95 bits per heavy atom. The molecule has 104 valence electrons. The molecular formula is C17H17BrClN. The fourth-order valence-electron chi connectivity index (χ4n) is 2.90.